The fourth-order valence-electron chi connectivity index (χ4n) is 2.75. The van der Waals surface area contributed by atoms with E-state index in [2.05, 4.69) is 28.9 Å². The number of aromatic nitrogens is 2. The molecular formula is C15H25N3O3. The van der Waals surface area contributed by atoms with E-state index in [4.69, 9.17) is 9.63 Å². The van der Waals surface area contributed by atoms with Crippen LogP contribution in [0.4, 0.5) is 0 Å². The summed E-state index contributed by atoms with van der Waals surface area (Å²) in [6, 6.07) is 0. The molecule has 0 saturated carbocycles. The minimum Gasteiger partial charge on any atom is -0.481 e. The van der Waals surface area contributed by atoms with E-state index in [0.29, 0.717) is 11.8 Å². The highest BCUT2D eigenvalue weighted by Gasteiger charge is 2.21. The van der Waals surface area contributed by atoms with E-state index in [1.165, 1.54) is 0 Å². The molecule has 2 rings (SSSR count). The molecule has 1 aromatic rings. The van der Waals surface area contributed by atoms with Crippen molar-refractivity contribution in [3.8, 4) is 0 Å². The van der Waals surface area contributed by atoms with Crippen molar-refractivity contribution in [2.24, 2.45) is 11.8 Å². The third-order valence-corrected chi connectivity index (χ3v) is 3.93. The molecule has 6 nitrogen and oxygen atoms in total. The van der Waals surface area contributed by atoms with Crippen molar-refractivity contribution in [3.63, 3.8) is 0 Å². The van der Waals surface area contributed by atoms with Gasteiger partial charge in [-0.2, -0.15) is 4.98 Å². The highest BCUT2D eigenvalue weighted by Crippen LogP contribution is 2.22. The monoisotopic (exact) mass is 295 g/mol. The van der Waals surface area contributed by atoms with Crippen LogP contribution in [0.2, 0.25) is 0 Å². The standard InChI is InChI=1S/C15H25N3O3/c1-11(2)9-14-16-13(17-21-14)10-18-7-5-12(6-8-18)3-4-15(19)20/h11-12H,3-10H2,1-2H3,(H,19,20). The average molecular weight is 295 g/mol. The van der Waals surface area contributed by atoms with E-state index in [1.807, 2.05) is 0 Å². The second kappa shape index (κ2) is 7.54. The number of carboxylic acids is 1. The normalized spacial score (nSPS) is 17.5. The zero-order valence-electron chi connectivity index (χ0n) is 12.9. The molecule has 1 N–H and O–H groups in total. The second-order valence-corrected chi connectivity index (χ2v) is 6.35. The summed E-state index contributed by atoms with van der Waals surface area (Å²) in [6.45, 7) is 6.96. The van der Waals surface area contributed by atoms with E-state index >= 15 is 0 Å². The first-order valence-corrected chi connectivity index (χ1v) is 7.78. The Hall–Kier alpha value is -1.43. The molecular weight excluding hydrogens is 270 g/mol. The summed E-state index contributed by atoms with van der Waals surface area (Å²) in [6.07, 6.45) is 4.02. The molecule has 0 aromatic carbocycles. The van der Waals surface area contributed by atoms with Crippen LogP contribution in [0.15, 0.2) is 4.52 Å². The Balaban J connectivity index is 1.73. The van der Waals surface area contributed by atoms with E-state index in [9.17, 15) is 4.79 Å². The summed E-state index contributed by atoms with van der Waals surface area (Å²) in [5.74, 6) is 1.84. The van der Waals surface area contributed by atoms with Gasteiger partial charge in [0.25, 0.3) is 0 Å². The topological polar surface area (TPSA) is 79.5 Å². The molecule has 0 spiro atoms. The van der Waals surface area contributed by atoms with Crippen molar-refractivity contribution < 1.29 is 14.4 Å². The molecule has 118 valence electrons. The smallest absolute Gasteiger partial charge is 0.303 e. The molecule has 0 radical (unpaired) electrons. The van der Waals surface area contributed by atoms with E-state index in [-0.39, 0.29) is 6.42 Å². The lowest BCUT2D eigenvalue weighted by Crippen LogP contribution is -2.33. The lowest BCUT2D eigenvalue weighted by molar-refractivity contribution is -0.137. The fourth-order valence-corrected chi connectivity index (χ4v) is 2.75. The number of aliphatic carboxylic acids is 1. The third-order valence-electron chi connectivity index (χ3n) is 3.93. The third kappa shape index (κ3) is 5.46. The van der Waals surface area contributed by atoms with Gasteiger partial charge in [-0.3, -0.25) is 9.69 Å². The Morgan fingerprint density at radius 2 is 2.14 bits per heavy atom. The van der Waals surface area contributed by atoms with Crippen molar-refractivity contribution in [1.29, 1.82) is 0 Å². The minimum absolute atomic E-state index is 0.286. The first kappa shape index (κ1) is 15.9. The van der Waals surface area contributed by atoms with Gasteiger partial charge in [-0.25, -0.2) is 0 Å². The first-order valence-electron chi connectivity index (χ1n) is 7.78. The van der Waals surface area contributed by atoms with Crippen LogP contribution in [-0.4, -0.2) is 39.2 Å². The lowest BCUT2D eigenvalue weighted by atomic mass is 9.92. The SMILES string of the molecule is CC(C)Cc1nc(CN2CCC(CCC(=O)O)CC2)no1. The number of carboxylic acid groups (broad SMARTS) is 1. The largest absolute Gasteiger partial charge is 0.481 e. The summed E-state index contributed by atoms with van der Waals surface area (Å²) in [4.78, 5) is 17.3. The van der Waals surface area contributed by atoms with Gasteiger partial charge < -0.3 is 9.63 Å². The van der Waals surface area contributed by atoms with Crippen LogP contribution in [-0.2, 0) is 17.8 Å². The van der Waals surface area contributed by atoms with Crippen molar-refractivity contribution in [1.82, 2.24) is 15.0 Å². The number of hydrogen-bond donors (Lipinski definition) is 1. The van der Waals surface area contributed by atoms with Crippen molar-refractivity contribution in [2.75, 3.05) is 13.1 Å². The molecule has 0 bridgehead atoms. The van der Waals surface area contributed by atoms with Crippen LogP contribution < -0.4 is 0 Å². The maximum Gasteiger partial charge on any atom is 0.303 e. The van der Waals surface area contributed by atoms with Crippen molar-refractivity contribution in [2.45, 2.75) is 52.5 Å². The molecule has 1 fully saturated rings. The molecule has 1 aromatic heterocycles. The summed E-state index contributed by atoms with van der Waals surface area (Å²) in [5.41, 5.74) is 0. The number of piperidine rings is 1. The van der Waals surface area contributed by atoms with Gasteiger partial charge in [-0.05, 0) is 44.2 Å². The van der Waals surface area contributed by atoms with Gasteiger partial charge in [0.15, 0.2) is 5.82 Å². The zero-order valence-corrected chi connectivity index (χ0v) is 12.9. The van der Waals surface area contributed by atoms with Gasteiger partial charge in [0.05, 0.1) is 6.54 Å². The van der Waals surface area contributed by atoms with Crippen LogP contribution >= 0.6 is 0 Å². The molecule has 6 heteroatoms. The van der Waals surface area contributed by atoms with Crippen LogP contribution in [0.3, 0.4) is 0 Å². The quantitative estimate of drug-likeness (QED) is 0.831. The van der Waals surface area contributed by atoms with Gasteiger partial charge >= 0.3 is 5.97 Å². The number of rotatable bonds is 7. The molecule has 21 heavy (non-hydrogen) atoms. The maximum absolute atomic E-state index is 10.6. The van der Waals surface area contributed by atoms with Gasteiger partial charge in [0.2, 0.25) is 5.89 Å². The Morgan fingerprint density at radius 1 is 1.43 bits per heavy atom. The Morgan fingerprint density at radius 3 is 2.76 bits per heavy atom. The second-order valence-electron chi connectivity index (χ2n) is 6.35. The summed E-state index contributed by atoms with van der Waals surface area (Å²) >= 11 is 0. The van der Waals surface area contributed by atoms with Gasteiger partial charge in [-0.15, -0.1) is 0 Å². The summed E-state index contributed by atoms with van der Waals surface area (Å²) in [5, 5.41) is 12.8. The Kier molecular flexibility index (Phi) is 5.73. The fraction of sp³-hybridized carbons (Fsp3) is 0.800. The van der Waals surface area contributed by atoms with Crippen LogP contribution in [0, 0.1) is 11.8 Å². The molecule has 0 unspecified atom stereocenters. The van der Waals surface area contributed by atoms with Crippen LogP contribution in [0.5, 0.6) is 0 Å². The molecule has 1 saturated heterocycles. The molecule has 0 atom stereocenters. The molecule has 2 heterocycles. The van der Waals surface area contributed by atoms with Crippen LogP contribution in [0.25, 0.3) is 0 Å². The molecule has 0 amide bonds. The summed E-state index contributed by atoms with van der Waals surface area (Å²) < 4.78 is 5.25. The highest BCUT2D eigenvalue weighted by molar-refractivity contribution is 5.66. The Bertz CT molecular complexity index is 451. The van der Waals surface area contributed by atoms with Gasteiger partial charge in [0.1, 0.15) is 0 Å². The van der Waals surface area contributed by atoms with Crippen molar-refractivity contribution in [3.05, 3.63) is 11.7 Å². The predicted octanol–water partition coefficient (Wildman–Crippen LogP) is 2.34. The lowest BCUT2D eigenvalue weighted by Gasteiger charge is -2.30. The maximum atomic E-state index is 10.6. The average Bonchev–Trinajstić information content (AvgIpc) is 2.84. The first-order chi connectivity index (χ1) is 10.0. The number of carbonyl (C=O) groups is 1. The van der Waals surface area contributed by atoms with Crippen molar-refractivity contribution >= 4 is 5.97 Å². The zero-order chi connectivity index (χ0) is 15.2. The number of nitrogens with zero attached hydrogens (tertiary/aromatic N) is 3. The Labute approximate surface area is 125 Å². The number of hydrogen-bond acceptors (Lipinski definition) is 5. The predicted molar refractivity (Wildman–Crippen MR) is 77.7 cm³/mol. The summed E-state index contributed by atoms with van der Waals surface area (Å²) in [7, 11) is 0. The van der Waals surface area contributed by atoms with E-state index < -0.39 is 5.97 Å². The molecule has 1 aliphatic heterocycles. The van der Waals surface area contributed by atoms with Gasteiger partial charge in [-0.1, -0.05) is 19.0 Å². The minimum atomic E-state index is -0.693. The molecule has 1 aliphatic rings. The molecule has 0 aliphatic carbocycles. The van der Waals surface area contributed by atoms with Crippen LogP contribution in [0.1, 0.15) is 51.2 Å². The van der Waals surface area contributed by atoms with Gasteiger partial charge in [0, 0.05) is 12.8 Å². The highest BCUT2D eigenvalue weighted by atomic mass is 16.5. The van der Waals surface area contributed by atoms with E-state index in [1.54, 1.807) is 0 Å². The van der Waals surface area contributed by atoms with E-state index in [0.717, 1.165) is 57.0 Å². The number of likely N-dealkylation sites (tertiary alicyclic amines) is 1.